The molecule has 0 aliphatic carbocycles. The average molecular weight is 338 g/mol. The minimum Gasteiger partial charge on any atom is -0.493 e. The van der Waals surface area contributed by atoms with Crippen molar-refractivity contribution >= 4 is 5.82 Å². The van der Waals surface area contributed by atoms with Crippen molar-refractivity contribution in [3.05, 3.63) is 47.2 Å². The Bertz CT molecular complexity index is 785. The Morgan fingerprint density at radius 1 is 1.24 bits per heavy atom. The highest BCUT2D eigenvalue weighted by atomic mass is 16.5. The summed E-state index contributed by atoms with van der Waals surface area (Å²) < 4.78 is 10.8. The number of hydrogen-bond acceptors (Lipinski definition) is 6. The van der Waals surface area contributed by atoms with Gasteiger partial charge in [-0.2, -0.15) is 5.26 Å². The summed E-state index contributed by atoms with van der Waals surface area (Å²) in [6.07, 6.45) is 2.68. The number of nitriles is 1. The first-order valence-corrected chi connectivity index (χ1v) is 8.30. The smallest absolute Gasteiger partial charge is 0.161 e. The largest absolute Gasteiger partial charge is 0.493 e. The third-order valence-electron chi connectivity index (χ3n) is 4.45. The van der Waals surface area contributed by atoms with Crippen molar-refractivity contribution in [3.63, 3.8) is 0 Å². The molecule has 25 heavy (non-hydrogen) atoms. The van der Waals surface area contributed by atoms with Gasteiger partial charge in [-0.1, -0.05) is 0 Å². The molecular weight excluding hydrogens is 316 g/mol. The Kier molecular flexibility index (Phi) is 5.36. The van der Waals surface area contributed by atoms with Crippen molar-refractivity contribution in [2.75, 3.05) is 39.2 Å². The lowest BCUT2D eigenvalue weighted by Crippen LogP contribution is -2.34. The lowest BCUT2D eigenvalue weighted by Gasteiger charge is -2.29. The summed E-state index contributed by atoms with van der Waals surface area (Å²) >= 11 is 0. The Balaban J connectivity index is 1.61. The molecule has 1 aromatic heterocycles. The van der Waals surface area contributed by atoms with E-state index in [0.717, 1.165) is 44.1 Å². The highest BCUT2D eigenvalue weighted by molar-refractivity contribution is 5.51. The molecule has 0 unspecified atom stereocenters. The molecule has 6 nitrogen and oxygen atoms in total. The molecule has 6 heteroatoms. The van der Waals surface area contributed by atoms with E-state index in [1.165, 1.54) is 11.1 Å². The number of hydrogen-bond donors (Lipinski definition) is 1. The number of fused-ring (bicyclic) bond motifs is 1. The van der Waals surface area contributed by atoms with Gasteiger partial charge in [0.2, 0.25) is 0 Å². The Labute approximate surface area is 148 Å². The molecule has 0 bridgehead atoms. The highest BCUT2D eigenvalue weighted by Gasteiger charge is 2.19. The Hall–Kier alpha value is -2.78. The molecule has 1 N–H and O–H groups in total. The molecule has 0 radical (unpaired) electrons. The summed E-state index contributed by atoms with van der Waals surface area (Å²) in [6.45, 7) is 3.51. The minimum absolute atomic E-state index is 0.573. The minimum atomic E-state index is 0.573. The standard InChI is InChI=1S/C19H22N4O2/c1-24-17-10-14-5-8-23(13-16(14)11-18(17)25-2)9-7-22-19-15(12-20)4-3-6-21-19/h3-4,6,10-11H,5,7-9,13H2,1-2H3,(H,21,22). The molecule has 0 spiro atoms. The normalized spacial score (nSPS) is 13.6. The SMILES string of the molecule is COc1cc2c(cc1OC)CN(CCNc1ncccc1C#N)CC2. The van der Waals surface area contributed by atoms with Crippen molar-refractivity contribution in [3.8, 4) is 17.6 Å². The molecule has 0 amide bonds. The number of ether oxygens (including phenoxy) is 2. The maximum atomic E-state index is 9.11. The Morgan fingerprint density at radius 2 is 2.00 bits per heavy atom. The first kappa shape index (κ1) is 17.1. The number of methoxy groups -OCH3 is 2. The number of rotatable bonds is 6. The fourth-order valence-electron chi connectivity index (χ4n) is 3.10. The van der Waals surface area contributed by atoms with Gasteiger partial charge in [-0.3, -0.25) is 4.90 Å². The van der Waals surface area contributed by atoms with Gasteiger partial charge in [0, 0.05) is 32.4 Å². The van der Waals surface area contributed by atoms with Crippen molar-refractivity contribution in [2.24, 2.45) is 0 Å². The van der Waals surface area contributed by atoms with E-state index in [1.54, 1.807) is 32.5 Å². The zero-order valence-electron chi connectivity index (χ0n) is 14.6. The molecule has 0 saturated carbocycles. The van der Waals surface area contributed by atoms with E-state index in [2.05, 4.69) is 33.4 Å². The van der Waals surface area contributed by atoms with Gasteiger partial charge in [-0.05, 0) is 41.8 Å². The van der Waals surface area contributed by atoms with Crippen LogP contribution in [0.2, 0.25) is 0 Å². The first-order valence-electron chi connectivity index (χ1n) is 8.30. The predicted molar refractivity (Wildman–Crippen MR) is 96.0 cm³/mol. The van der Waals surface area contributed by atoms with Gasteiger partial charge in [0.1, 0.15) is 11.9 Å². The summed E-state index contributed by atoms with van der Waals surface area (Å²) in [5, 5.41) is 12.4. The molecule has 1 aliphatic heterocycles. The van der Waals surface area contributed by atoms with Crippen LogP contribution < -0.4 is 14.8 Å². The molecule has 0 fully saturated rings. The third-order valence-corrected chi connectivity index (χ3v) is 4.45. The van der Waals surface area contributed by atoms with Gasteiger partial charge in [0.15, 0.2) is 11.5 Å². The van der Waals surface area contributed by atoms with E-state index in [9.17, 15) is 0 Å². The Morgan fingerprint density at radius 3 is 2.72 bits per heavy atom. The molecule has 0 atom stereocenters. The van der Waals surface area contributed by atoms with Crippen LogP contribution in [-0.4, -0.2) is 43.7 Å². The maximum Gasteiger partial charge on any atom is 0.161 e. The number of nitrogens with zero attached hydrogens (tertiary/aromatic N) is 3. The number of pyridine rings is 1. The maximum absolute atomic E-state index is 9.11. The fraction of sp³-hybridized carbons (Fsp3) is 0.368. The number of nitrogens with one attached hydrogen (secondary N) is 1. The van der Waals surface area contributed by atoms with Crippen LogP contribution in [0.5, 0.6) is 11.5 Å². The predicted octanol–water partition coefficient (Wildman–Crippen LogP) is 2.44. The molecule has 1 aromatic carbocycles. The zero-order chi connectivity index (χ0) is 17.6. The summed E-state index contributed by atoms with van der Waals surface area (Å²) in [5.41, 5.74) is 3.17. The van der Waals surface area contributed by atoms with Gasteiger partial charge in [-0.25, -0.2) is 4.98 Å². The van der Waals surface area contributed by atoms with Crippen molar-refractivity contribution in [2.45, 2.75) is 13.0 Å². The van der Waals surface area contributed by atoms with E-state index in [-0.39, 0.29) is 0 Å². The molecular formula is C19H22N4O2. The molecule has 2 aromatic rings. The van der Waals surface area contributed by atoms with Gasteiger partial charge >= 0.3 is 0 Å². The van der Waals surface area contributed by atoms with E-state index in [4.69, 9.17) is 14.7 Å². The number of benzene rings is 1. The second kappa shape index (κ2) is 7.86. The second-order valence-corrected chi connectivity index (χ2v) is 5.94. The van der Waals surface area contributed by atoms with Crippen LogP contribution in [0.3, 0.4) is 0 Å². The quantitative estimate of drug-likeness (QED) is 0.872. The molecule has 130 valence electrons. The molecule has 1 aliphatic rings. The second-order valence-electron chi connectivity index (χ2n) is 5.94. The third kappa shape index (κ3) is 3.83. The van der Waals surface area contributed by atoms with Crippen LogP contribution in [-0.2, 0) is 13.0 Å². The summed E-state index contributed by atoms with van der Waals surface area (Å²) in [6, 6.07) is 9.85. The van der Waals surface area contributed by atoms with Crippen molar-refractivity contribution in [1.82, 2.24) is 9.88 Å². The topological polar surface area (TPSA) is 70.4 Å². The van der Waals surface area contributed by atoms with Crippen LogP contribution in [0.1, 0.15) is 16.7 Å². The lowest BCUT2D eigenvalue weighted by atomic mass is 9.99. The van der Waals surface area contributed by atoms with Gasteiger partial charge in [0.25, 0.3) is 0 Å². The molecule has 2 heterocycles. The highest BCUT2D eigenvalue weighted by Crippen LogP contribution is 2.33. The molecule has 3 rings (SSSR count). The van der Waals surface area contributed by atoms with Crippen LogP contribution in [0, 0.1) is 11.3 Å². The molecule has 0 saturated heterocycles. The van der Waals surface area contributed by atoms with E-state index in [0.29, 0.717) is 11.4 Å². The zero-order valence-corrected chi connectivity index (χ0v) is 14.6. The van der Waals surface area contributed by atoms with Crippen LogP contribution >= 0.6 is 0 Å². The first-order chi connectivity index (χ1) is 12.2. The van der Waals surface area contributed by atoms with Gasteiger partial charge in [0.05, 0.1) is 19.8 Å². The van der Waals surface area contributed by atoms with E-state index in [1.807, 2.05) is 0 Å². The van der Waals surface area contributed by atoms with E-state index >= 15 is 0 Å². The van der Waals surface area contributed by atoms with Crippen LogP contribution in [0.4, 0.5) is 5.82 Å². The average Bonchev–Trinajstić information content (AvgIpc) is 2.67. The summed E-state index contributed by atoms with van der Waals surface area (Å²) in [5.74, 6) is 2.21. The van der Waals surface area contributed by atoms with Crippen LogP contribution in [0.25, 0.3) is 0 Å². The van der Waals surface area contributed by atoms with Gasteiger partial charge in [-0.15, -0.1) is 0 Å². The monoisotopic (exact) mass is 338 g/mol. The van der Waals surface area contributed by atoms with Crippen molar-refractivity contribution < 1.29 is 9.47 Å². The summed E-state index contributed by atoms with van der Waals surface area (Å²) in [7, 11) is 3.33. The summed E-state index contributed by atoms with van der Waals surface area (Å²) in [4.78, 5) is 6.61. The van der Waals surface area contributed by atoms with Crippen molar-refractivity contribution in [1.29, 1.82) is 5.26 Å². The fourth-order valence-corrected chi connectivity index (χ4v) is 3.10. The number of anilines is 1. The lowest BCUT2D eigenvalue weighted by molar-refractivity contribution is 0.262. The number of aromatic nitrogens is 1. The van der Waals surface area contributed by atoms with Crippen LogP contribution in [0.15, 0.2) is 30.5 Å². The van der Waals surface area contributed by atoms with Gasteiger partial charge < -0.3 is 14.8 Å². The van der Waals surface area contributed by atoms with E-state index < -0.39 is 0 Å².